The Labute approximate surface area is 120 Å². The third-order valence-electron chi connectivity index (χ3n) is 2.99. The van der Waals surface area contributed by atoms with E-state index >= 15 is 0 Å². The summed E-state index contributed by atoms with van der Waals surface area (Å²) in [6.07, 6.45) is 2.94. The van der Waals surface area contributed by atoms with E-state index in [1.54, 1.807) is 0 Å². The molecule has 0 spiro atoms. The summed E-state index contributed by atoms with van der Waals surface area (Å²) in [7, 11) is -4.30. The molecule has 0 bridgehead atoms. The maximum atomic E-state index is 14.0. The van der Waals surface area contributed by atoms with E-state index in [1.165, 1.54) is 0 Å². The molecule has 1 aromatic rings. The smallest absolute Gasteiger partial charge is 0.341 e. The van der Waals surface area contributed by atoms with E-state index < -0.39 is 32.3 Å². The Balaban J connectivity index is 2.21. The van der Waals surface area contributed by atoms with Crippen LogP contribution in [0.3, 0.4) is 0 Å². The number of carbonyl (C=O) groups is 1. The third kappa shape index (κ3) is 3.68. The summed E-state index contributed by atoms with van der Waals surface area (Å²) in [5, 5.41) is 4.76. The van der Waals surface area contributed by atoms with E-state index in [0.717, 1.165) is 31.4 Å². The van der Waals surface area contributed by atoms with Crippen LogP contribution in [0.15, 0.2) is 17.0 Å². The van der Waals surface area contributed by atoms with Gasteiger partial charge >= 0.3 is 5.97 Å². The molecular formula is C12H13ClFNO4S. The summed E-state index contributed by atoms with van der Waals surface area (Å²) in [6.45, 7) is 0.167. The van der Waals surface area contributed by atoms with Crippen LogP contribution in [-0.2, 0) is 14.8 Å². The summed E-state index contributed by atoms with van der Waals surface area (Å²) >= 11 is 5.67. The fraction of sp³-hybridized carbons (Fsp3) is 0.417. The van der Waals surface area contributed by atoms with Crippen molar-refractivity contribution in [3.05, 3.63) is 28.5 Å². The fourth-order valence-corrected chi connectivity index (χ4v) is 2.66. The topological polar surface area (TPSA) is 86.5 Å². The predicted molar refractivity (Wildman–Crippen MR) is 70.4 cm³/mol. The van der Waals surface area contributed by atoms with Crippen molar-refractivity contribution in [1.29, 1.82) is 0 Å². The molecule has 5 nitrogen and oxygen atoms in total. The molecule has 1 saturated carbocycles. The van der Waals surface area contributed by atoms with Gasteiger partial charge < -0.3 is 4.74 Å². The summed E-state index contributed by atoms with van der Waals surface area (Å²) in [4.78, 5) is 10.9. The van der Waals surface area contributed by atoms with Gasteiger partial charge in [-0.3, -0.25) is 0 Å². The molecule has 0 unspecified atom stereocenters. The number of benzene rings is 1. The molecule has 20 heavy (non-hydrogen) atoms. The molecular weight excluding hydrogens is 309 g/mol. The van der Waals surface area contributed by atoms with Crippen LogP contribution in [0.2, 0.25) is 5.02 Å². The van der Waals surface area contributed by atoms with E-state index in [9.17, 15) is 17.6 Å². The normalized spacial score (nSPS) is 15.2. The first-order valence-electron chi connectivity index (χ1n) is 5.98. The molecule has 0 saturated heterocycles. The van der Waals surface area contributed by atoms with E-state index in [0.29, 0.717) is 5.92 Å². The lowest BCUT2D eigenvalue weighted by Gasteiger charge is -2.08. The maximum Gasteiger partial charge on any atom is 0.341 e. The van der Waals surface area contributed by atoms with Crippen molar-refractivity contribution in [1.82, 2.24) is 0 Å². The number of nitrogens with two attached hydrogens (primary N) is 1. The molecule has 2 rings (SSSR count). The van der Waals surface area contributed by atoms with Gasteiger partial charge in [-0.2, -0.15) is 0 Å². The maximum absolute atomic E-state index is 14.0. The second-order valence-electron chi connectivity index (χ2n) is 4.68. The van der Waals surface area contributed by atoms with Gasteiger partial charge in [0.25, 0.3) is 0 Å². The molecule has 0 heterocycles. The second-order valence-corrected chi connectivity index (χ2v) is 6.64. The van der Waals surface area contributed by atoms with Gasteiger partial charge in [-0.15, -0.1) is 0 Å². The zero-order chi connectivity index (χ0) is 14.9. The van der Waals surface area contributed by atoms with Crippen molar-refractivity contribution in [2.75, 3.05) is 6.61 Å². The van der Waals surface area contributed by atoms with Gasteiger partial charge in [0, 0.05) is 5.02 Å². The van der Waals surface area contributed by atoms with Crippen LogP contribution in [-0.4, -0.2) is 21.0 Å². The molecule has 0 aromatic heterocycles. The quantitative estimate of drug-likeness (QED) is 0.841. The standard InChI is InChI=1S/C12H13ClFNO4S/c13-8-5-9(11(14)10(6-8)20(15,17)18)12(16)19-4-3-7-1-2-7/h5-7H,1-4H2,(H2,15,17,18). The van der Waals surface area contributed by atoms with E-state index in [4.69, 9.17) is 21.5 Å². The molecule has 1 aromatic carbocycles. The number of primary sulfonamides is 1. The Hall–Kier alpha value is -1.18. The number of esters is 1. The lowest BCUT2D eigenvalue weighted by molar-refractivity contribution is 0.0489. The van der Waals surface area contributed by atoms with Gasteiger partial charge in [0.1, 0.15) is 4.90 Å². The molecule has 1 aliphatic rings. The lowest BCUT2D eigenvalue weighted by Crippen LogP contribution is -2.17. The minimum atomic E-state index is -4.30. The Morgan fingerprint density at radius 2 is 2.10 bits per heavy atom. The van der Waals surface area contributed by atoms with Gasteiger partial charge in [-0.1, -0.05) is 24.4 Å². The van der Waals surface area contributed by atoms with Gasteiger partial charge in [-0.25, -0.2) is 22.7 Å². The number of rotatable bonds is 5. The molecule has 110 valence electrons. The first-order valence-corrected chi connectivity index (χ1v) is 7.90. The molecule has 8 heteroatoms. The highest BCUT2D eigenvalue weighted by Gasteiger charge is 2.25. The molecule has 0 amide bonds. The monoisotopic (exact) mass is 321 g/mol. The predicted octanol–water partition coefficient (Wildman–Crippen LogP) is 2.08. The Kier molecular flexibility index (Phi) is 4.31. The van der Waals surface area contributed by atoms with Gasteiger partial charge in [-0.05, 0) is 24.5 Å². The molecule has 0 atom stereocenters. The highest BCUT2D eigenvalue weighted by atomic mass is 35.5. The highest BCUT2D eigenvalue weighted by Crippen LogP contribution is 2.32. The second kappa shape index (κ2) is 5.67. The van der Waals surface area contributed by atoms with E-state index in [2.05, 4.69) is 0 Å². The number of halogens is 2. The molecule has 0 aliphatic heterocycles. The minimum Gasteiger partial charge on any atom is -0.462 e. The minimum absolute atomic E-state index is 0.107. The SMILES string of the molecule is NS(=O)(=O)c1cc(Cl)cc(C(=O)OCCC2CC2)c1F. The molecule has 1 aliphatic carbocycles. The fourth-order valence-electron chi connectivity index (χ4n) is 1.72. The zero-order valence-corrected chi connectivity index (χ0v) is 12.0. The van der Waals surface area contributed by atoms with Crippen molar-refractivity contribution in [2.45, 2.75) is 24.2 Å². The van der Waals surface area contributed by atoms with Crippen LogP contribution in [0.25, 0.3) is 0 Å². The third-order valence-corrected chi connectivity index (χ3v) is 4.11. The molecule has 1 fully saturated rings. The van der Waals surface area contributed by atoms with Crippen molar-refractivity contribution < 1.29 is 22.3 Å². The van der Waals surface area contributed by atoms with Crippen molar-refractivity contribution in [3.8, 4) is 0 Å². The number of ether oxygens (including phenoxy) is 1. The number of sulfonamides is 1. The van der Waals surface area contributed by atoms with Crippen molar-refractivity contribution in [2.24, 2.45) is 11.1 Å². The van der Waals surface area contributed by atoms with E-state index in [1.807, 2.05) is 0 Å². The number of hydrogen-bond donors (Lipinski definition) is 1. The highest BCUT2D eigenvalue weighted by molar-refractivity contribution is 7.89. The van der Waals surface area contributed by atoms with Crippen LogP contribution < -0.4 is 5.14 Å². The zero-order valence-electron chi connectivity index (χ0n) is 10.4. The summed E-state index contributed by atoms with van der Waals surface area (Å²) in [5.41, 5.74) is -0.530. The van der Waals surface area contributed by atoms with Crippen LogP contribution >= 0.6 is 11.6 Å². The largest absolute Gasteiger partial charge is 0.462 e. The van der Waals surface area contributed by atoms with Crippen LogP contribution in [0.4, 0.5) is 4.39 Å². The molecule has 0 radical (unpaired) electrons. The Morgan fingerprint density at radius 1 is 1.45 bits per heavy atom. The number of carbonyl (C=O) groups excluding carboxylic acids is 1. The summed E-state index contributed by atoms with van der Waals surface area (Å²) in [6, 6.07) is 1.87. The van der Waals surface area contributed by atoms with Gasteiger partial charge in [0.2, 0.25) is 10.0 Å². The Bertz CT molecular complexity index is 643. The summed E-state index contributed by atoms with van der Waals surface area (Å²) in [5.74, 6) is -1.63. The van der Waals surface area contributed by atoms with Crippen LogP contribution in [0.1, 0.15) is 29.6 Å². The average molecular weight is 322 g/mol. The number of hydrogen-bond acceptors (Lipinski definition) is 4. The van der Waals surface area contributed by atoms with Crippen LogP contribution in [0, 0.1) is 11.7 Å². The van der Waals surface area contributed by atoms with Crippen molar-refractivity contribution in [3.63, 3.8) is 0 Å². The van der Waals surface area contributed by atoms with Crippen LogP contribution in [0.5, 0.6) is 0 Å². The summed E-state index contributed by atoms with van der Waals surface area (Å²) < 4.78 is 41.3. The first kappa shape index (κ1) is 15.2. The van der Waals surface area contributed by atoms with E-state index in [-0.39, 0.29) is 11.6 Å². The lowest BCUT2D eigenvalue weighted by atomic mass is 10.2. The molecule has 2 N–H and O–H groups in total. The van der Waals surface area contributed by atoms with Gasteiger partial charge in [0.05, 0.1) is 12.2 Å². The average Bonchev–Trinajstić information content (AvgIpc) is 3.14. The van der Waals surface area contributed by atoms with Crippen molar-refractivity contribution >= 4 is 27.6 Å². The first-order chi connectivity index (χ1) is 9.29. The van der Waals surface area contributed by atoms with Gasteiger partial charge in [0.15, 0.2) is 5.82 Å². The Morgan fingerprint density at radius 3 is 2.65 bits per heavy atom.